The lowest BCUT2D eigenvalue weighted by atomic mass is 10.0. The third-order valence-corrected chi connectivity index (χ3v) is 7.72. The topological polar surface area (TPSA) is 67.4 Å². The van der Waals surface area contributed by atoms with E-state index >= 15 is 0 Å². The summed E-state index contributed by atoms with van der Waals surface area (Å²) >= 11 is 0. The zero-order chi connectivity index (χ0) is 34.5. The monoisotopic (exact) mass is 580 g/mol. The summed E-state index contributed by atoms with van der Waals surface area (Å²) in [5.41, 5.74) is 5.77. The van der Waals surface area contributed by atoms with Gasteiger partial charge in [0.2, 0.25) is 0 Å². The van der Waals surface area contributed by atoms with Crippen LogP contribution in [0.15, 0.2) is 152 Å². The van der Waals surface area contributed by atoms with Gasteiger partial charge in [-0.05, 0) is 47.5 Å². The molecule has 0 N–H and O–H groups in total. The van der Waals surface area contributed by atoms with Crippen LogP contribution in [0.3, 0.4) is 0 Å². The van der Waals surface area contributed by atoms with E-state index in [9.17, 15) is 5.26 Å². The first-order valence-electron chi connectivity index (χ1n) is 16.9. The maximum Gasteiger partial charge on any atom is 0.164 e. The third-order valence-electron chi connectivity index (χ3n) is 7.72. The van der Waals surface area contributed by atoms with Gasteiger partial charge in [0.25, 0.3) is 0 Å². The van der Waals surface area contributed by atoms with Crippen LogP contribution < -0.4 is 0 Å². The Labute approximate surface area is 267 Å². The van der Waals surface area contributed by atoms with Crippen molar-refractivity contribution in [1.82, 2.24) is 19.5 Å². The van der Waals surface area contributed by atoms with E-state index in [1.807, 2.05) is 109 Å². The van der Waals surface area contributed by atoms with Gasteiger partial charge < -0.3 is 4.57 Å². The summed E-state index contributed by atoms with van der Waals surface area (Å²) in [5.74, 6) is 1.44. The van der Waals surface area contributed by atoms with Crippen LogP contribution in [0.4, 0.5) is 0 Å². The molecule has 5 heteroatoms. The van der Waals surface area contributed by atoms with Gasteiger partial charge in [0.05, 0.1) is 29.5 Å². The molecule has 0 spiro atoms. The normalized spacial score (nSPS) is 12.6. The molecule has 0 radical (unpaired) electrons. The summed E-state index contributed by atoms with van der Waals surface area (Å²) in [5, 5.41) is 11.9. The highest BCUT2D eigenvalue weighted by molar-refractivity contribution is 6.10. The Bertz CT molecular complexity index is 2580. The Morgan fingerprint density at radius 1 is 0.511 bits per heavy atom. The Hall–Kier alpha value is -6.38. The zero-order valence-electron chi connectivity index (χ0n) is 28.8. The number of nitrogens with zero attached hydrogens (tertiary/aromatic N) is 5. The lowest BCUT2D eigenvalue weighted by molar-refractivity contribution is 1.07. The second-order valence-corrected chi connectivity index (χ2v) is 10.5. The number of benzene rings is 6. The maximum atomic E-state index is 10.2. The predicted molar refractivity (Wildman–Crippen MR) is 181 cm³/mol. The molecule has 0 atom stereocenters. The van der Waals surface area contributed by atoms with E-state index in [1.165, 1.54) is 0 Å². The van der Waals surface area contributed by atoms with Gasteiger partial charge in [0, 0.05) is 33.2 Å². The zero-order valence-corrected chi connectivity index (χ0v) is 23.8. The average molecular weight is 581 g/mol. The largest absolute Gasteiger partial charge is 0.309 e. The molecule has 2 aromatic heterocycles. The molecule has 0 amide bonds. The molecular weight excluding hydrogens is 550 g/mol. The van der Waals surface area contributed by atoms with E-state index in [0.717, 1.165) is 32.9 Å². The average Bonchev–Trinajstić information content (AvgIpc) is 3.50. The van der Waals surface area contributed by atoms with Crippen molar-refractivity contribution in [3.8, 4) is 57.0 Å². The lowest BCUT2D eigenvalue weighted by Gasteiger charge is -2.12. The SMILES string of the molecule is [2H]c1c([2H])c([2H])c(-c2ccc3c(c2)c2ccccc2n3-c2cc(C#N)cc(-c3nc(-c4ccccc4)nc(-c4ccccc4)n3)c2)c([2H])c1[2H]. The quantitative estimate of drug-likeness (QED) is 0.203. The van der Waals surface area contributed by atoms with E-state index in [4.69, 9.17) is 21.8 Å². The first-order valence-corrected chi connectivity index (χ1v) is 14.4. The minimum Gasteiger partial charge on any atom is -0.309 e. The molecule has 210 valence electrons. The fraction of sp³-hybridized carbons (Fsp3) is 0. The molecule has 0 saturated carbocycles. The van der Waals surface area contributed by atoms with Gasteiger partial charge in [-0.3, -0.25) is 0 Å². The van der Waals surface area contributed by atoms with Crippen LogP contribution in [0.5, 0.6) is 0 Å². The number of fused-ring (bicyclic) bond motifs is 3. The Balaban J connectivity index is 1.35. The van der Waals surface area contributed by atoms with Crippen molar-refractivity contribution in [2.24, 2.45) is 0 Å². The van der Waals surface area contributed by atoms with Crippen LogP contribution in [0, 0.1) is 11.3 Å². The van der Waals surface area contributed by atoms with Crippen molar-refractivity contribution in [2.45, 2.75) is 0 Å². The number of aromatic nitrogens is 4. The molecule has 0 aliphatic carbocycles. The van der Waals surface area contributed by atoms with Crippen LogP contribution in [0.2, 0.25) is 0 Å². The van der Waals surface area contributed by atoms with E-state index in [2.05, 4.69) is 10.6 Å². The highest BCUT2D eigenvalue weighted by atomic mass is 15.0. The highest BCUT2D eigenvalue weighted by Gasteiger charge is 2.17. The summed E-state index contributed by atoms with van der Waals surface area (Å²) in [4.78, 5) is 14.6. The van der Waals surface area contributed by atoms with Crippen molar-refractivity contribution in [1.29, 1.82) is 5.26 Å². The van der Waals surface area contributed by atoms with Crippen molar-refractivity contribution in [3.05, 3.63) is 157 Å². The van der Waals surface area contributed by atoms with E-state index in [0.29, 0.717) is 39.9 Å². The summed E-state index contributed by atoms with van der Waals surface area (Å²) in [6.45, 7) is 0. The molecule has 6 aromatic carbocycles. The number of para-hydroxylation sites is 1. The Morgan fingerprint density at radius 3 is 1.78 bits per heavy atom. The Kier molecular flexibility index (Phi) is 5.23. The molecule has 45 heavy (non-hydrogen) atoms. The molecule has 0 bridgehead atoms. The van der Waals surface area contributed by atoms with Gasteiger partial charge in [0.15, 0.2) is 17.5 Å². The smallest absolute Gasteiger partial charge is 0.164 e. The minimum absolute atomic E-state index is 0.141. The fourth-order valence-electron chi connectivity index (χ4n) is 5.67. The number of hydrogen-bond acceptors (Lipinski definition) is 4. The number of hydrogen-bond donors (Lipinski definition) is 0. The molecule has 0 aliphatic heterocycles. The molecule has 0 saturated heterocycles. The van der Waals surface area contributed by atoms with Gasteiger partial charge in [-0.15, -0.1) is 0 Å². The third kappa shape index (κ3) is 4.81. The second-order valence-electron chi connectivity index (χ2n) is 10.5. The number of rotatable bonds is 5. The standard InChI is InChI=1S/C40H25N5/c41-26-27-22-32(40-43-38(29-14-6-2-7-15-29)42-39(44-40)30-16-8-3-9-17-30)24-33(23-27)45-36-19-11-10-18-34(36)35-25-31(20-21-37(35)45)28-12-4-1-5-13-28/h1-25H/i1D,4D,5D,12D,13D. The van der Waals surface area contributed by atoms with Crippen LogP contribution in [-0.2, 0) is 0 Å². The van der Waals surface area contributed by atoms with Gasteiger partial charge in [-0.25, -0.2) is 15.0 Å². The summed E-state index contributed by atoms with van der Waals surface area (Å²) in [6, 6.07) is 38.9. The lowest BCUT2D eigenvalue weighted by Crippen LogP contribution is -2.01. The van der Waals surface area contributed by atoms with Gasteiger partial charge in [-0.1, -0.05) is 115 Å². The predicted octanol–water partition coefficient (Wildman–Crippen LogP) is 9.51. The molecule has 0 aliphatic rings. The maximum absolute atomic E-state index is 10.2. The van der Waals surface area contributed by atoms with Crippen LogP contribution in [-0.4, -0.2) is 19.5 Å². The van der Waals surface area contributed by atoms with Gasteiger partial charge in [0.1, 0.15) is 0 Å². The molecule has 0 fully saturated rings. The molecule has 8 rings (SSSR count). The Morgan fingerprint density at radius 2 is 1.11 bits per heavy atom. The summed E-state index contributed by atoms with van der Waals surface area (Å²) < 4.78 is 43.6. The first kappa shape index (κ1) is 21.3. The van der Waals surface area contributed by atoms with E-state index in [1.54, 1.807) is 12.1 Å². The fourth-order valence-corrected chi connectivity index (χ4v) is 5.67. The molecule has 2 heterocycles. The molecule has 0 unspecified atom stereocenters. The van der Waals surface area contributed by atoms with Crippen molar-refractivity contribution >= 4 is 21.8 Å². The van der Waals surface area contributed by atoms with Crippen molar-refractivity contribution in [3.63, 3.8) is 0 Å². The molecule has 5 nitrogen and oxygen atoms in total. The molecular formula is C40H25N5. The summed E-state index contributed by atoms with van der Waals surface area (Å²) in [6.07, 6.45) is 0. The minimum atomic E-state index is -0.431. The molecule has 8 aromatic rings. The second kappa shape index (κ2) is 11.0. The van der Waals surface area contributed by atoms with E-state index < -0.39 is 6.04 Å². The van der Waals surface area contributed by atoms with Crippen molar-refractivity contribution < 1.29 is 6.85 Å². The highest BCUT2D eigenvalue weighted by Crippen LogP contribution is 2.36. The van der Waals surface area contributed by atoms with Crippen LogP contribution in [0.1, 0.15) is 12.4 Å². The first-order chi connectivity index (χ1) is 24.3. The van der Waals surface area contributed by atoms with Crippen molar-refractivity contribution in [2.75, 3.05) is 0 Å². The van der Waals surface area contributed by atoms with Crippen LogP contribution in [0.25, 0.3) is 72.8 Å². The van der Waals surface area contributed by atoms with Crippen LogP contribution >= 0.6 is 0 Å². The van der Waals surface area contributed by atoms with E-state index in [-0.39, 0.29) is 29.7 Å². The summed E-state index contributed by atoms with van der Waals surface area (Å²) in [7, 11) is 0. The number of nitriles is 1. The van der Waals surface area contributed by atoms with Gasteiger partial charge >= 0.3 is 0 Å². The van der Waals surface area contributed by atoms with Gasteiger partial charge in [-0.2, -0.15) is 5.26 Å².